The van der Waals surface area contributed by atoms with Crippen molar-refractivity contribution in [3.05, 3.63) is 52.8 Å². The molecule has 4 aromatic rings. The molecule has 0 aliphatic heterocycles. The lowest BCUT2D eigenvalue weighted by atomic mass is 10.2. The lowest BCUT2D eigenvalue weighted by Crippen LogP contribution is -1.98. The van der Waals surface area contributed by atoms with Gasteiger partial charge in [0.05, 0.1) is 5.39 Å². The number of rotatable bonds is 3. The third kappa shape index (κ3) is 2.41. The van der Waals surface area contributed by atoms with Crippen molar-refractivity contribution in [2.75, 3.05) is 0 Å². The highest BCUT2D eigenvalue weighted by atomic mass is 35.5. The summed E-state index contributed by atoms with van der Waals surface area (Å²) < 4.78 is 12.9. The lowest BCUT2D eigenvalue weighted by molar-refractivity contribution is 0.296. The molecular formula is C16H13ClN4O2. The first-order valence-corrected chi connectivity index (χ1v) is 7.48. The van der Waals surface area contributed by atoms with E-state index in [0.717, 1.165) is 22.4 Å². The number of hydrogen-bond acceptors (Lipinski definition) is 5. The number of hydrogen-bond donors (Lipinski definition) is 0. The van der Waals surface area contributed by atoms with Gasteiger partial charge in [-0.15, -0.1) is 5.10 Å². The molecule has 0 aliphatic rings. The van der Waals surface area contributed by atoms with E-state index >= 15 is 0 Å². The van der Waals surface area contributed by atoms with E-state index in [0.29, 0.717) is 22.3 Å². The van der Waals surface area contributed by atoms with E-state index in [4.69, 9.17) is 20.8 Å². The van der Waals surface area contributed by atoms with Gasteiger partial charge >= 0.3 is 0 Å². The van der Waals surface area contributed by atoms with Crippen molar-refractivity contribution in [3.63, 3.8) is 0 Å². The SMILES string of the molecule is Cc1oc2ncn3nc(COc4ccc(Cl)cc4)nc3c2c1C. The molecule has 0 spiro atoms. The van der Waals surface area contributed by atoms with Crippen LogP contribution in [-0.4, -0.2) is 19.6 Å². The van der Waals surface area contributed by atoms with Crippen LogP contribution in [-0.2, 0) is 6.61 Å². The number of aryl methyl sites for hydroxylation is 2. The summed E-state index contributed by atoms with van der Waals surface area (Å²) in [4.78, 5) is 8.82. The van der Waals surface area contributed by atoms with Crippen LogP contribution in [0.3, 0.4) is 0 Å². The number of furan rings is 1. The van der Waals surface area contributed by atoms with Crippen LogP contribution in [0.2, 0.25) is 5.02 Å². The molecule has 0 bridgehead atoms. The molecule has 7 heteroatoms. The van der Waals surface area contributed by atoms with E-state index in [-0.39, 0.29) is 6.61 Å². The summed E-state index contributed by atoms with van der Waals surface area (Å²) in [6.45, 7) is 4.16. The molecule has 0 radical (unpaired) electrons. The second-order valence-electron chi connectivity index (χ2n) is 5.25. The fourth-order valence-corrected chi connectivity index (χ4v) is 2.55. The van der Waals surface area contributed by atoms with Gasteiger partial charge in [-0.05, 0) is 38.1 Å². The Hall–Kier alpha value is -2.60. The summed E-state index contributed by atoms with van der Waals surface area (Å²) in [5.41, 5.74) is 2.32. The Bertz CT molecular complexity index is 1000. The summed E-state index contributed by atoms with van der Waals surface area (Å²) in [5, 5.41) is 5.95. The standard InChI is InChI=1S/C16H13ClN4O2/c1-9-10(2)23-16-14(9)15-19-13(20-21(15)8-18-16)7-22-12-5-3-11(17)4-6-12/h3-6,8H,7H2,1-2H3. The Labute approximate surface area is 136 Å². The molecule has 6 nitrogen and oxygen atoms in total. The zero-order valence-electron chi connectivity index (χ0n) is 12.6. The maximum Gasteiger partial charge on any atom is 0.231 e. The van der Waals surface area contributed by atoms with Gasteiger partial charge in [-0.3, -0.25) is 0 Å². The number of halogens is 1. The molecule has 0 saturated heterocycles. The minimum atomic E-state index is 0.265. The maximum atomic E-state index is 5.86. The van der Waals surface area contributed by atoms with Crippen molar-refractivity contribution in [3.8, 4) is 5.75 Å². The van der Waals surface area contributed by atoms with Crippen molar-refractivity contribution < 1.29 is 9.15 Å². The highest BCUT2D eigenvalue weighted by Gasteiger charge is 2.15. The van der Waals surface area contributed by atoms with Gasteiger partial charge in [0.1, 0.15) is 24.4 Å². The van der Waals surface area contributed by atoms with Gasteiger partial charge < -0.3 is 9.15 Å². The number of ether oxygens (including phenoxy) is 1. The Morgan fingerprint density at radius 2 is 2.00 bits per heavy atom. The van der Waals surface area contributed by atoms with Crippen molar-refractivity contribution >= 4 is 28.3 Å². The molecule has 0 atom stereocenters. The zero-order valence-corrected chi connectivity index (χ0v) is 13.3. The van der Waals surface area contributed by atoms with E-state index in [1.165, 1.54) is 0 Å². The van der Waals surface area contributed by atoms with Gasteiger partial charge in [-0.2, -0.15) is 0 Å². The largest absolute Gasteiger partial charge is 0.486 e. The highest BCUT2D eigenvalue weighted by Crippen LogP contribution is 2.26. The van der Waals surface area contributed by atoms with Crippen LogP contribution in [0, 0.1) is 13.8 Å². The summed E-state index contributed by atoms with van der Waals surface area (Å²) in [7, 11) is 0. The smallest absolute Gasteiger partial charge is 0.231 e. The van der Waals surface area contributed by atoms with Gasteiger partial charge in [0.15, 0.2) is 11.5 Å². The molecule has 0 aliphatic carbocycles. The first-order valence-electron chi connectivity index (χ1n) is 7.10. The van der Waals surface area contributed by atoms with Crippen LogP contribution in [0.5, 0.6) is 5.75 Å². The summed E-state index contributed by atoms with van der Waals surface area (Å²) in [6.07, 6.45) is 1.60. The summed E-state index contributed by atoms with van der Waals surface area (Å²) >= 11 is 5.86. The van der Waals surface area contributed by atoms with Gasteiger partial charge in [0.25, 0.3) is 0 Å². The predicted molar refractivity (Wildman–Crippen MR) is 85.8 cm³/mol. The van der Waals surface area contributed by atoms with Crippen LogP contribution in [0.1, 0.15) is 17.1 Å². The number of benzene rings is 1. The average molecular weight is 329 g/mol. The van der Waals surface area contributed by atoms with Gasteiger partial charge in [0.2, 0.25) is 5.71 Å². The number of fused-ring (bicyclic) bond motifs is 3. The van der Waals surface area contributed by atoms with Crippen LogP contribution < -0.4 is 4.74 Å². The van der Waals surface area contributed by atoms with Gasteiger partial charge in [-0.1, -0.05) is 11.6 Å². The monoisotopic (exact) mass is 328 g/mol. The molecule has 0 fully saturated rings. The Balaban J connectivity index is 1.68. The number of aromatic nitrogens is 4. The fraction of sp³-hybridized carbons (Fsp3) is 0.188. The molecule has 3 aromatic heterocycles. The minimum absolute atomic E-state index is 0.265. The molecule has 0 N–H and O–H groups in total. The topological polar surface area (TPSA) is 65.5 Å². The Morgan fingerprint density at radius 3 is 2.78 bits per heavy atom. The maximum absolute atomic E-state index is 5.86. The normalized spacial score (nSPS) is 11.4. The zero-order chi connectivity index (χ0) is 16.0. The summed E-state index contributed by atoms with van der Waals surface area (Å²) in [5.74, 6) is 2.13. The second kappa shape index (κ2) is 5.24. The van der Waals surface area contributed by atoms with Crippen molar-refractivity contribution in [1.29, 1.82) is 0 Å². The van der Waals surface area contributed by atoms with Crippen LogP contribution in [0.4, 0.5) is 0 Å². The van der Waals surface area contributed by atoms with E-state index in [1.54, 1.807) is 23.0 Å². The number of nitrogens with zero attached hydrogens (tertiary/aromatic N) is 4. The third-order valence-corrected chi connectivity index (χ3v) is 3.98. The molecule has 4 rings (SSSR count). The van der Waals surface area contributed by atoms with Crippen molar-refractivity contribution in [2.24, 2.45) is 0 Å². The molecule has 0 amide bonds. The summed E-state index contributed by atoms with van der Waals surface area (Å²) in [6, 6.07) is 7.17. The highest BCUT2D eigenvalue weighted by molar-refractivity contribution is 6.30. The van der Waals surface area contributed by atoms with E-state index < -0.39 is 0 Å². The molecule has 0 saturated carbocycles. The quantitative estimate of drug-likeness (QED) is 0.573. The van der Waals surface area contributed by atoms with Crippen LogP contribution >= 0.6 is 11.6 Å². The van der Waals surface area contributed by atoms with E-state index in [1.807, 2.05) is 26.0 Å². The van der Waals surface area contributed by atoms with Crippen LogP contribution in [0.15, 0.2) is 35.0 Å². The molecular weight excluding hydrogens is 316 g/mol. The molecule has 0 unspecified atom stereocenters. The first kappa shape index (κ1) is 14.0. The van der Waals surface area contributed by atoms with Gasteiger partial charge in [-0.25, -0.2) is 14.5 Å². The Kier molecular flexibility index (Phi) is 3.20. The molecule has 23 heavy (non-hydrogen) atoms. The van der Waals surface area contributed by atoms with E-state index in [2.05, 4.69) is 15.1 Å². The molecule has 1 aromatic carbocycles. The van der Waals surface area contributed by atoms with Gasteiger partial charge in [0, 0.05) is 10.6 Å². The molecule has 3 heterocycles. The van der Waals surface area contributed by atoms with E-state index in [9.17, 15) is 0 Å². The fourth-order valence-electron chi connectivity index (χ4n) is 2.43. The molecule has 116 valence electrons. The second-order valence-corrected chi connectivity index (χ2v) is 5.68. The lowest BCUT2D eigenvalue weighted by Gasteiger charge is -2.02. The average Bonchev–Trinajstić information content (AvgIpc) is 3.08. The minimum Gasteiger partial charge on any atom is -0.486 e. The first-order chi connectivity index (χ1) is 11.1. The Morgan fingerprint density at radius 1 is 1.22 bits per heavy atom. The third-order valence-electron chi connectivity index (χ3n) is 3.73. The predicted octanol–water partition coefficient (Wildman–Crippen LogP) is 3.72. The van der Waals surface area contributed by atoms with Crippen LogP contribution in [0.25, 0.3) is 16.7 Å². The van der Waals surface area contributed by atoms with Crippen molar-refractivity contribution in [2.45, 2.75) is 20.5 Å². The van der Waals surface area contributed by atoms with Crippen molar-refractivity contribution in [1.82, 2.24) is 19.6 Å².